The number of ketones is 1. The van der Waals surface area contributed by atoms with Gasteiger partial charge in [-0.25, -0.2) is 4.98 Å². The van der Waals surface area contributed by atoms with Crippen LogP contribution in [0.15, 0.2) is 54.4 Å². The number of hydrogen-bond acceptors (Lipinski definition) is 4. The standard InChI is InChI=1S/C22H22NO.C13H24O2.Ir/c1-15-9-16(2)11-21(10-15)24-22-13-20-12-18(17-5-3-4-6-17)7-8-19(20)14-23-22;1-7-12(3,4)10(14)9-11(15)13(5,6)8-2;/h7-10,12-14,17H,3-6H2,1-2H3;9,14H,7-8H2,1-6H3;/q-1;;/b;10-9-;. The van der Waals surface area contributed by atoms with Crippen LogP contribution in [0.5, 0.6) is 11.6 Å². The Morgan fingerprint density at radius 3 is 2.25 bits per heavy atom. The van der Waals surface area contributed by atoms with Crippen molar-refractivity contribution in [3.63, 3.8) is 0 Å². The van der Waals surface area contributed by atoms with Crippen LogP contribution in [0, 0.1) is 30.7 Å². The fourth-order valence-electron chi connectivity index (χ4n) is 4.60. The van der Waals surface area contributed by atoms with Crippen molar-refractivity contribution >= 4 is 16.6 Å². The quantitative estimate of drug-likeness (QED) is 0.143. The van der Waals surface area contributed by atoms with Gasteiger partial charge in [0, 0.05) is 60.4 Å². The van der Waals surface area contributed by atoms with E-state index in [0.717, 1.165) is 35.5 Å². The molecule has 1 aliphatic carbocycles. The van der Waals surface area contributed by atoms with Gasteiger partial charge in [0.15, 0.2) is 5.78 Å². The van der Waals surface area contributed by atoms with E-state index in [0.29, 0.717) is 5.88 Å². The third kappa shape index (κ3) is 9.01. The Balaban J connectivity index is 0.000000307. The first kappa shape index (κ1) is 33.7. The van der Waals surface area contributed by atoms with E-state index < -0.39 is 0 Å². The number of carbonyl (C=O) groups is 1. The number of nitrogens with zero attached hydrogens (tertiary/aromatic N) is 1. The summed E-state index contributed by atoms with van der Waals surface area (Å²) in [5, 5.41) is 12.2. The maximum absolute atomic E-state index is 11.8. The van der Waals surface area contributed by atoms with Crippen LogP contribution in [0.1, 0.15) is 103 Å². The van der Waals surface area contributed by atoms with Crippen LogP contribution in [-0.4, -0.2) is 15.9 Å². The average Bonchev–Trinajstić information content (AvgIpc) is 3.43. The Hall–Kier alpha value is -2.49. The second-order valence-corrected chi connectivity index (χ2v) is 12.3. The Morgan fingerprint density at radius 1 is 1.00 bits per heavy atom. The van der Waals surface area contributed by atoms with Crippen LogP contribution in [0.4, 0.5) is 0 Å². The Bertz CT molecular complexity index is 1300. The number of ether oxygens (including phenoxy) is 1. The fraction of sp³-hybridized carbons (Fsp3) is 0.486. The number of aliphatic hydroxyl groups excluding tert-OH is 1. The smallest absolute Gasteiger partial charge is 0.217 e. The Kier molecular flexibility index (Phi) is 12.2. The molecular weight excluding hydrogens is 675 g/mol. The molecule has 1 heterocycles. The SMILES string of the molecule is CCC(C)(C)C(=O)/C=C(\O)C(C)(C)CC.Cc1[c-]c(Oc2cc3cc(C4CCCC4)ccc3cn2)cc(C)c1.[Ir]. The summed E-state index contributed by atoms with van der Waals surface area (Å²) in [5.41, 5.74) is 3.02. The monoisotopic (exact) mass is 721 g/mol. The molecule has 2 aromatic carbocycles. The van der Waals surface area contributed by atoms with Gasteiger partial charge in [-0.2, -0.15) is 17.2 Å². The molecule has 0 spiro atoms. The number of aryl methyl sites for hydroxylation is 2. The molecule has 40 heavy (non-hydrogen) atoms. The van der Waals surface area contributed by atoms with Gasteiger partial charge in [0.1, 0.15) is 5.76 Å². The zero-order valence-electron chi connectivity index (χ0n) is 25.5. The molecule has 1 radical (unpaired) electrons. The van der Waals surface area contributed by atoms with Crippen molar-refractivity contribution in [2.75, 3.05) is 0 Å². The number of hydrogen-bond donors (Lipinski definition) is 1. The predicted octanol–water partition coefficient (Wildman–Crippen LogP) is 9.97. The van der Waals surface area contributed by atoms with Crippen molar-refractivity contribution in [2.45, 2.75) is 99.8 Å². The molecule has 0 unspecified atom stereocenters. The molecule has 1 aromatic heterocycles. The predicted molar refractivity (Wildman–Crippen MR) is 162 cm³/mol. The topological polar surface area (TPSA) is 59.4 Å². The maximum Gasteiger partial charge on any atom is 0.217 e. The summed E-state index contributed by atoms with van der Waals surface area (Å²) in [4.78, 5) is 16.3. The Morgan fingerprint density at radius 2 is 1.65 bits per heavy atom. The molecule has 0 bridgehead atoms. The first-order valence-electron chi connectivity index (χ1n) is 14.4. The van der Waals surface area contributed by atoms with Crippen LogP contribution >= 0.6 is 0 Å². The summed E-state index contributed by atoms with van der Waals surface area (Å²) in [6.45, 7) is 15.7. The van der Waals surface area contributed by atoms with Crippen LogP contribution in [0.3, 0.4) is 0 Å². The first-order valence-corrected chi connectivity index (χ1v) is 14.4. The number of benzene rings is 2. The van der Waals surface area contributed by atoms with E-state index in [4.69, 9.17) is 4.74 Å². The molecule has 0 atom stereocenters. The number of pyridine rings is 1. The maximum atomic E-state index is 11.8. The van der Waals surface area contributed by atoms with Crippen molar-refractivity contribution in [1.82, 2.24) is 4.98 Å². The minimum absolute atomic E-state index is 0. The first-order chi connectivity index (χ1) is 18.3. The van der Waals surface area contributed by atoms with E-state index in [1.165, 1.54) is 48.3 Å². The molecule has 4 nitrogen and oxygen atoms in total. The van der Waals surface area contributed by atoms with Gasteiger partial charge in [-0.05, 0) is 42.6 Å². The molecule has 0 saturated heterocycles. The molecule has 1 N–H and O–H groups in total. The van der Waals surface area contributed by atoms with Gasteiger partial charge >= 0.3 is 0 Å². The number of fused-ring (bicyclic) bond motifs is 1. The molecule has 1 aliphatic rings. The summed E-state index contributed by atoms with van der Waals surface area (Å²) in [7, 11) is 0. The fourth-order valence-corrected chi connectivity index (χ4v) is 4.60. The molecule has 1 saturated carbocycles. The minimum atomic E-state index is -0.377. The van der Waals surface area contributed by atoms with Crippen molar-refractivity contribution in [3.8, 4) is 11.6 Å². The number of aliphatic hydroxyl groups is 1. The number of allylic oxidation sites excluding steroid dienone is 2. The van der Waals surface area contributed by atoms with E-state index in [2.05, 4.69) is 42.2 Å². The van der Waals surface area contributed by atoms with Crippen molar-refractivity contribution in [1.29, 1.82) is 0 Å². The third-order valence-electron chi connectivity index (χ3n) is 8.28. The number of carbonyl (C=O) groups excluding carboxylic acids is 1. The number of rotatable bonds is 8. The molecular formula is C35H46IrNO3-. The average molecular weight is 721 g/mol. The van der Waals surface area contributed by atoms with Gasteiger partial charge in [0.25, 0.3) is 0 Å². The van der Waals surface area contributed by atoms with Crippen LogP contribution in [0.2, 0.25) is 0 Å². The van der Waals surface area contributed by atoms with E-state index in [1.807, 2.05) is 66.8 Å². The molecule has 0 aliphatic heterocycles. The third-order valence-corrected chi connectivity index (χ3v) is 8.28. The van der Waals surface area contributed by atoms with Crippen molar-refractivity contribution < 1.29 is 34.7 Å². The zero-order valence-corrected chi connectivity index (χ0v) is 27.9. The Labute approximate surface area is 255 Å². The molecule has 5 heteroatoms. The molecule has 1 fully saturated rings. The summed E-state index contributed by atoms with van der Waals surface area (Å²) in [6, 6.07) is 16.1. The second-order valence-electron chi connectivity index (χ2n) is 12.3. The molecule has 4 rings (SSSR count). The second kappa shape index (κ2) is 14.4. The van der Waals surface area contributed by atoms with Gasteiger partial charge in [-0.3, -0.25) is 4.79 Å². The van der Waals surface area contributed by atoms with Crippen LogP contribution in [-0.2, 0) is 24.9 Å². The van der Waals surface area contributed by atoms with Gasteiger partial charge in [0.05, 0.1) is 0 Å². The van der Waals surface area contributed by atoms with E-state index in [-0.39, 0.29) is 42.5 Å². The summed E-state index contributed by atoms with van der Waals surface area (Å²) in [5.74, 6) is 2.28. The summed E-state index contributed by atoms with van der Waals surface area (Å²) >= 11 is 0. The minimum Gasteiger partial charge on any atom is -0.512 e. The van der Waals surface area contributed by atoms with E-state index in [9.17, 15) is 9.90 Å². The van der Waals surface area contributed by atoms with Crippen molar-refractivity contribution in [2.24, 2.45) is 10.8 Å². The van der Waals surface area contributed by atoms with Gasteiger partial charge in [0.2, 0.25) is 5.88 Å². The van der Waals surface area contributed by atoms with Gasteiger partial charge in [-0.1, -0.05) is 86.4 Å². The van der Waals surface area contributed by atoms with E-state index >= 15 is 0 Å². The molecule has 3 aromatic rings. The summed E-state index contributed by atoms with van der Waals surface area (Å²) in [6.07, 6.45) is 10.2. The van der Waals surface area contributed by atoms with Crippen LogP contribution in [0.25, 0.3) is 10.8 Å². The molecule has 219 valence electrons. The van der Waals surface area contributed by atoms with Crippen molar-refractivity contribution in [3.05, 3.63) is 77.2 Å². The van der Waals surface area contributed by atoms with Gasteiger partial charge in [-0.15, -0.1) is 12.1 Å². The normalized spacial score (nSPS) is 14.3. The number of aromatic nitrogens is 1. The zero-order chi connectivity index (χ0) is 28.8. The van der Waals surface area contributed by atoms with E-state index in [1.54, 1.807) is 0 Å². The molecule has 0 amide bonds. The summed E-state index contributed by atoms with van der Waals surface area (Å²) < 4.78 is 5.95. The van der Waals surface area contributed by atoms with Crippen LogP contribution < -0.4 is 4.74 Å². The largest absolute Gasteiger partial charge is 0.512 e. The van der Waals surface area contributed by atoms with Gasteiger partial charge < -0.3 is 9.84 Å².